The fraction of sp³-hybridized carbons (Fsp3) is 0.500. The highest BCUT2D eigenvalue weighted by Crippen LogP contribution is 1.95. The van der Waals surface area contributed by atoms with E-state index in [2.05, 4.69) is 4.74 Å². The van der Waals surface area contributed by atoms with E-state index in [4.69, 9.17) is 11.6 Å². The molecule has 0 aliphatic rings. The summed E-state index contributed by atoms with van der Waals surface area (Å²) in [5, 5.41) is 0. The summed E-state index contributed by atoms with van der Waals surface area (Å²) in [6.45, 7) is 3.13. The monoisotopic (exact) mass is 148 g/mol. The molecule has 2 nitrogen and oxygen atoms in total. The number of hydrogen-bond acceptors (Lipinski definition) is 2. The average Bonchev–Trinajstić information content (AvgIpc) is 1.83. The third-order valence-corrected chi connectivity index (χ3v) is 1.06. The third kappa shape index (κ3) is 5.37. The number of carbonyl (C=O) groups is 1. The van der Waals surface area contributed by atoms with Gasteiger partial charge in [0.2, 0.25) is 0 Å². The second-order valence-corrected chi connectivity index (χ2v) is 1.97. The smallest absolute Gasteiger partial charge is 0.307 e. The van der Waals surface area contributed by atoms with Gasteiger partial charge in [-0.1, -0.05) is 0 Å². The molecule has 0 aliphatic carbocycles. The van der Waals surface area contributed by atoms with Crippen molar-refractivity contribution in [1.29, 1.82) is 0 Å². The zero-order valence-electron chi connectivity index (χ0n) is 5.48. The highest BCUT2D eigenvalue weighted by molar-refractivity contribution is 6.19. The lowest BCUT2D eigenvalue weighted by atomic mass is 10.4. The summed E-state index contributed by atoms with van der Waals surface area (Å²) in [6, 6.07) is 0. The first kappa shape index (κ1) is 8.50. The zero-order valence-corrected chi connectivity index (χ0v) is 6.23. The van der Waals surface area contributed by atoms with Crippen molar-refractivity contribution in [1.82, 2.24) is 0 Å². The van der Waals surface area contributed by atoms with E-state index in [0.717, 1.165) is 5.57 Å². The lowest BCUT2D eigenvalue weighted by Gasteiger charge is -1.92. The van der Waals surface area contributed by atoms with Crippen molar-refractivity contribution < 1.29 is 9.53 Å². The van der Waals surface area contributed by atoms with Crippen molar-refractivity contribution in [2.24, 2.45) is 0 Å². The Bertz CT molecular complexity index is 129. The van der Waals surface area contributed by atoms with Crippen LogP contribution in [0.4, 0.5) is 0 Å². The number of alkyl halides is 1. The molecule has 0 spiro atoms. The molecule has 0 bridgehead atoms. The second kappa shape index (κ2) is 4.39. The van der Waals surface area contributed by atoms with E-state index in [9.17, 15) is 4.79 Å². The van der Waals surface area contributed by atoms with Crippen molar-refractivity contribution in [3.63, 3.8) is 0 Å². The van der Waals surface area contributed by atoms with Crippen LogP contribution in [0.1, 0.15) is 13.8 Å². The fourth-order valence-electron chi connectivity index (χ4n) is 0.215. The van der Waals surface area contributed by atoms with Crippen molar-refractivity contribution in [3.8, 4) is 0 Å². The van der Waals surface area contributed by atoms with Crippen LogP contribution in [0.25, 0.3) is 0 Å². The third-order valence-electron chi connectivity index (χ3n) is 0.637. The number of rotatable bonds is 2. The molecule has 0 aromatic heterocycles. The zero-order chi connectivity index (χ0) is 7.28. The van der Waals surface area contributed by atoms with Gasteiger partial charge in [-0.3, -0.25) is 4.79 Å². The number of hydrogen-bond donors (Lipinski definition) is 0. The Morgan fingerprint density at radius 2 is 2.22 bits per heavy atom. The van der Waals surface area contributed by atoms with Crippen LogP contribution in [-0.2, 0) is 9.53 Å². The van der Waals surface area contributed by atoms with E-state index in [1.807, 2.05) is 0 Å². The summed E-state index contributed by atoms with van der Waals surface area (Å²) in [6.07, 6.45) is 1.36. The molecule has 0 aliphatic heterocycles. The molecular weight excluding hydrogens is 140 g/mol. The molecule has 0 aromatic carbocycles. The largest absolute Gasteiger partial charge is 0.435 e. The SMILES string of the molecule is CC(=O)O/C=C(/C)CCl. The van der Waals surface area contributed by atoms with Gasteiger partial charge in [0.1, 0.15) is 0 Å². The molecule has 0 heterocycles. The lowest BCUT2D eigenvalue weighted by Crippen LogP contribution is -1.91. The van der Waals surface area contributed by atoms with Crippen molar-refractivity contribution >= 4 is 17.6 Å². The van der Waals surface area contributed by atoms with Crippen LogP contribution in [-0.4, -0.2) is 11.8 Å². The van der Waals surface area contributed by atoms with Crippen LogP contribution >= 0.6 is 11.6 Å². The van der Waals surface area contributed by atoms with Crippen molar-refractivity contribution in [3.05, 3.63) is 11.8 Å². The van der Waals surface area contributed by atoms with Gasteiger partial charge < -0.3 is 4.74 Å². The maximum atomic E-state index is 10.2. The van der Waals surface area contributed by atoms with E-state index in [-0.39, 0.29) is 5.97 Å². The van der Waals surface area contributed by atoms with Crippen LogP contribution in [0, 0.1) is 0 Å². The molecule has 9 heavy (non-hydrogen) atoms. The van der Waals surface area contributed by atoms with Crippen LogP contribution < -0.4 is 0 Å². The highest BCUT2D eigenvalue weighted by Gasteiger charge is 1.88. The standard InChI is InChI=1S/C6H9ClO2/c1-5(3-7)4-9-6(2)8/h4H,3H2,1-2H3/b5-4-. The number of esters is 1. The van der Waals surface area contributed by atoms with Gasteiger partial charge in [-0.2, -0.15) is 0 Å². The minimum absolute atomic E-state index is 0.320. The Morgan fingerprint density at radius 3 is 2.56 bits per heavy atom. The maximum absolute atomic E-state index is 10.2. The topological polar surface area (TPSA) is 26.3 Å². The minimum atomic E-state index is -0.320. The van der Waals surface area contributed by atoms with Gasteiger partial charge in [0, 0.05) is 12.8 Å². The van der Waals surface area contributed by atoms with E-state index in [0.29, 0.717) is 5.88 Å². The summed E-state index contributed by atoms with van der Waals surface area (Å²) >= 11 is 5.38. The van der Waals surface area contributed by atoms with E-state index < -0.39 is 0 Å². The summed E-state index contributed by atoms with van der Waals surface area (Å²) in [5.41, 5.74) is 0.840. The van der Waals surface area contributed by atoms with Crippen LogP contribution in [0.5, 0.6) is 0 Å². The Morgan fingerprint density at radius 1 is 1.67 bits per heavy atom. The molecule has 52 valence electrons. The lowest BCUT2D eigenvalue weighted by molar-refractivity contribution is -0.135. The highest BCUT2D eigenvalue weighted by atomic mass is 35.5. The Balaban J connectivity index is 3.56. The Kier molecular flexibility index (Phi) is 4.14. The Hall–Kier alpha value is -0.500. The van der Waals surface area contributed by atoms with Crippen LogP contribution in [0.2, 0.25) is 0 Å². The summed E-state index contributed by atoms with van der Waals surface area (Å²) < 4.78 is 4.51. The van der Waals surface area contributed by atoms with Crippen molar-refractivity contribution in [2.75, 3.05) is 5.88 Å². The first-order chi connectivity index (χ1) is 4.16. The van der Waals surface area contributed by atoms with Crippen LogP contribution in [0.15, 0.2) is 11.8 Å². The number of carbonyl (C=O) groups excluding carboxylic acids is 1. The summed E-state index contributed by atoms with van der Waals surface area (Å²) in [7, 11) is 0. The maximum Gasteiger partial charge on any atom is 0.307 e. The normalized spacial score (nSPS) is 11.2. The molecule has 0 unspecified atom stereocenters. The molecule has 0 saturated heterocycles. The Labute approximate surface area is 59.5 Å². The van der Waals surface area contributed by atoms with Crippen LogP contribution in [0.3, 0.4) is 0 Å². The van der Waals surface area contributed by atoms with Gasteiger partial charge in [-0.05, 0) is 12.5 Å². The molecule has 3 heteroatoms. The minimum Gasteiger partial charge on any atom is -0.435 e. The van der Waals surface area contributed by atoms with Gasteiger partial charge in [0.05, 0.1) is 6.26 Å². The predicted molar refractivity (Wildman–Crippen MR) is 36.2 cm³/mol. The molecule has 0 N–H and O–H groups in total. The van der Waals surface area contributed by atoms with Gasteiger partial charge >= 0.3 is 5.97 Å². The molecule has 0 aromatic rings. The average molecular weight is 149 g/mol. The van der Waals surface area contributed by atoms with E-state index >= 15 is 0 Å². The van der Waals surface area contributed by atoms with Crippen molar-refractivity contribution in [2.45, 2.75) is 13.8 Å². The molecule has 0 fully saturated rings. The molecule has 0 saturated carbocycles. The number of allylic oxidation sites excluding steroid dienone is 1. The van der Waals surface area contributed by atoms with E-state index in [1.54, 1.807) is 6.92 Å². The van der Waals surface area contributed by atoms with Gasteiger partial charge in [-0.15, -0.1) is 11.6 Å². The first-order valence-electron chi connectivity index (χ1n) is 2.55. The fourth-order valence-corrected chi connectivity index (χ4v) is 0.278. The van der Waals surface area contributed by atoms with Gasteiger partial charge in [0.15, 0.2) is 0 Å². The number of halogens is 1. The van der Waals surface area contributed by atoms with E-state index in [1.165, 1.54) is 13.2 Å². The number of ether oxygens (including phenoxy) is 1. The summed E-state index contributed by atoms with van der Waals surface area (Å²) in [4.78, 5) is 10.2. The molecule has 0 atom stereocenters. The molecule has 0 radical (unpaired) electrons. The predicted octanol–water partition coefficient (Wildman–Crippen LogP) is 1.69. The quantitative estimate of drug-likeness (QED) is 0.339. The summed E-state index contributed by atoms with van der Waals surface area (Å²) in [5.74, 6) is 0.0762. The first-order valence-corrected chi connectivity index (χ1v) is 3.09. The second-order valence-electron chi connectivity index (χ2n) is 1.71. The van der Waals surface area contributed by atoms with Gasteiger partial charge in [0.25, 0.3) is 0 Å². The molecule has 0 amide bonds. The molecular formula is C6H9ClO2. The molecule has 0 rings (SSSR count). The van der Waals surface area contributed by atoms with Gasteiger partial charge in [-0.25, -0.2) is 0 Å².